The molecule has 0 aromatic heterocycles. The SMILES string of the molecule is O=C(O)Cc1ccc(O)c(C(O)C(O)CCl)c1. The summed E-state index contributed by atoms with van der Waals surface area (Å²) in [5.74, 6) is -1.42. The second kappa shape index (κ2) is 5.86. The van der Waals surface area contributed by atoms with Crippen molar-refractivity contribution in [3.05, 3.63) is 29.3 Å². The van der Waals surface area contributed by atoms with Gasteiger partial charge in [-0.2, -0.15) is 0 Å². The molecule has 4 N–H and O–H groups in total. The molecule has 0 spiro atoms. The molecule has 0 fully saturated rings. The van der Waals surface area contributed by atoms with Gasteiger partial charge in [-0.05, 0) is 17.7 Å². The lowest BCUT2D eigenvalue weighted by molar-refractivity contribution is -0.136. The van der Waals surface area contributed by atoms with Gasteiger partial charge in [0.05, 0.1) is 18.4 Å². The minimum absolute atomic E-state index is 0.0666. The van der Waals surface area contributed by atoms with Gasteiger partial charge in [-0.15, -0.1) is 11.6 Å². The maximum atomic E-state index is 10.5. The van der Waals surface area contributed by atoms with Crippen LogP contribution >= 0.6 is 11.6 Å². The van der Waals surface area contributed by atoms with Crippen LogP contribution in [-0.2, 0) is 11.2 Å². The lowest BCUT2D eigenvalue weighted by Crippen LogP contribution is -2.20. The van der Waals surface area contributed by atoms with E-state index < -0.39 is 18.2 Å². The zero-order chi connectivity index (χ0) is 13.0. The molecule has 0 saturated carbocycles. The topological polar surface area (TPSA) is 98.0 Å². The van der Waals surface area contributed by atoms with Crippen molar-refractivity contribution in [2.45, 2.75) is 18.6 Å². The Kier molecular flexibility index (Phi) is 4.74. The maximum absolute atomic E-state index is 10.5. The molecule has 1 aromatic carbocycles. The van der Waals surface area contributed by atoms with Crippen molar-refractivity contribution >= 4 is 17.6 Å². The fraction of sp³-hybridized carbons (Fsp3) is 0.364. The summed E-state index contributed by atoms with van der Waals surface area (Å²) in [7, 11) is 0. The van der Waals surface area contributed by atoms with Crippen LogP contribution in [-0.4, -0.2) is 38.4 Å². The Morgan fingerprint density at radius 1 is 1.35 bits per heavy atom. The highest BCUT2D eigenvalue weighted by Gasteiger charge is 2.21. The number of rotatable bonds is 5. The molecule has 2 atom stereocenters. The molecule has 0 radical (unpaired) electrons. The number of halogens is 1. The van der Waals surface area contributed by atoms with E-state index in [9.17, 15) is 20.1 Å². The van der Waals surface area contributed by atoms with E-state index in [1.54, 1.807) is 0 Å². The van der Waals surface area contributed by atoms with Gasteiger partial charge in [-0.25, -0.2) is 0 Å². The smallest absolute Gasteiger partial charge is 0.307 e. The Hall–Kier alpha value is -1.30. The van der Waals surface area contributed by atoms with Gasteiger partial charge in [-0.3, -0.25) is 4.79 Å². The Labute approximate surface area is 103 Å². The minimum atomic E-state index is -1.35. The second-order valence-corrected chi connectivity index (χ2v) is 3.94. The van der Waals surface area contributed by atoms with E-state index in [1.165, 1.54) is 18.2 Å². The van der Waals surface area contributed by atoms with Gasteiger partial charge < -0.3 is 20.4 Å². The summed E-state index contributed by atoms with van der Waals surface area (Å²) in [6.07, 6.45) is -2.79. The predicted molar refractivity (Wildman–Crippen MR) is 61.1 cm³/mol. The summed E-state index contributed by atoms with van der Waals surface area (Å²) in [5, 5.41) is 37.2. The van der Waals surface area contributed by atoms with E-state index in [-0.39, 0.29) is 23.6 Å². The number of carboxylic acids is 1. The van der Waals surface area contributed by atoms with Gasteiger partial charge in [0.2, 0.25) is 0 Å². The van der Waals surface area contributed by atoms with E-state index in [2.05, 4.69) is 0 Å². The highest BCUT2D eigenvalue weighted by atomic mass is 35.5. The average Bonchev–Trinajstić information content (AvgIpc) is 2.29. The molecule has 17 heavy (non-hydrogen) atoms. The third-order valence-electron chi connectivity index (χ3n) is 2.29. The molecular weight excluding hydrogens is 248 g/mol. The first-order valence-electron chi connectivity index (χ1n) is 4.91. The van der Waals surface area contributed by atoms with Crippen molar-refractivity contribution in [1.82, 2.24) is 0 Å². The van der Waals surface area contributed by atoms with Crippen LogP contribution in [0.1, 0.15) is 17.2 Å². The Morgan fingerprint density at radius 3 is 2.53 bits per heavy atom. The average molecular weight is 261 g/mol. The number of aliphatic hydroxyl groups is 2. The van der Waals surface area contributed by atoms with E-state index in [0.717, 1.165) is 0 Å². The summed E-state index contributed by atoms with van der Waals surface area (Å²) < 4.78 is 0. The molecule has 2 unspecified atom stereocenters. The number of hydrogen-bond acceptors (Lipinski definition) is 4. The largest absolute Gasteiger partial charge is 0.508 e. The number of aliphatic carboxylic acids is 1. The van der Waals surface area contributed by atoms with Gasteiger partial charge in [-0.1, -0.05) is 6.07 Å². The summed E-state index contributed by atoms with van der Waals surface area (Å²) in [4.78, 5) is 10.5. The van der Waals surface area contributed by atoms with Crippen LogP contribution < -0.4 is 0 Å². The number of alkyl halides is 1. The number of hydrogen-bond donors (Lipinski definition) is 4. The third kappa shape index (κ3) is 3.59. The Morgan fingerprint density at radius 2 is 2.00 bits per heavy atom. The standard InChI is InChI=1S/C11H13ClO5/c12-5-9(14)11(17)7-3-6(4-10(15)16)1-2-8(7)13/h1-3,9,11,13-14,17H,4-5H2,(H,15,16). The van der Waals surface area contributed by atoms with Gasteiger partial charge in [0.1, 0.15) is 11.9 Å². The maximum Gasteiger partial charge on any atom is 0.307 e. The first-order chi connectivity index (χ1) is 7.95. The lowest BCUT2D eigenvalue weighted by Gasteiger charge is -2.17. The van der Waals surface area contributed by atoms with Crippen molar-refractivity contribution in [2.75, 3.05) is 5.88 Å². The van der Waals surface area contributed by atoms with E-state index in [1.807, 2.05) is 0 Å². The molecule has 0 aliphatic carbocycles. The van der Waals surface area contributed by atoms with Crippen LogP contribution in [0.4, 0.5) is 0 Å². The first kappa shape index (κ1) is 13.8. The molecule has 0 aliphatic heterocycles. The molecule has 1 aromatic rings. The van der Waals surface area contributed by atoms with Crippen LogP contribution in [0.25, 0.3) is 0 Å². The van der Waals surface area contributed by atoms with E-state index in [0.29, 0.717) is 5.56 Å². The highest BCUT2D eigenvalue weighted by molar-refractivity contribution is 6.18. The lowest BCUT2D eigenvalue weighted by atomic mass is 10.0. The number of aromatic hydroxyl groups is 1. The zero-order valence-electron chi connectivity index (χ0n) is 8.88. The van der Waals surface area contributed by atoms with E-state index >= 15 is 0 Å². The van der Waals surface area contributed by atoms with Crippen molar-refractivity contribution in [3.63, 3.8) is 0 Å². The van der Waals surface area contributed by atoms with Gasteiger partial charge in [0.15, 0.2) is 0 Å². The number of phenols is 1. The second-order valence-electron chi connectivity index (χ2n) is 3.63. The van der Waals surface area contributed by atoms with Gasteiger partial charge in [0, 0.05) is 5.56 Å². The van der Waals surface area contributed by atoms with Crippen molar-refractivity contribution in [3.8, 4) is 5.75 Å². The molecule has 94 valence electrons. The third-order valence-corrected chi connectivity index (χ3v) is 2.60. The van der Waals surface area contributed by atoms with Crippen LogP contribution in [0.3, 0.4) is 0 Å². The predicted octanol–water partition coefficient (Wildman–Crippen LogP) is 0.652. The molecule has 1 rings (SSSR count). The fourth-order valence-corrected chi connectivity index (χ4v) is 1.59. The van der Waals surface area contributed by atoms with Crippen molar-refractivity contribution < 1.29 is 25.2 Å². The van der Waals surface area contributed by atoms with Gasteiger partial charge >= 0.3 is 5.97 Å². The van der Waals surface area contributed by atoms with Crippen LogP contribution in [0.2, 0.25) is 0 Å². The molecule has 0 saturated heterocycles. The quantitative estimate of drug-likeness (QED) is 0.583. The molecular formula is C11H13ClO5. The number of carbonyl (C=O) groups is 1. The summed E-state index contributed by atoms with van der Waals surface area (Å²) in [6, 6.07) is 4.05. The number of phenolic OH excluding ortho intramolecular Hbond substituents is 1. The molecule has 0 bridgehead atoms. The first-order valence-corrected chi connectivity index (χ1v) is 5.44. The Bertz CT molecular complexity index is 407. The van der Waals surface area contributed by atoms with Crippen molar-refractivity contribution in [1.29, 1.82) is 0 Å². The molecule has 6 heteroatoms. The summed E-state index contributed by atoms with van der Waals surface area (Å²) >= 11 is 5.39. The van der Waals surface area contributed by atoms with Crippen LogP contribution in [0.5, 0.6) is 5.75 Å². The van der Waals surface area contributed by atoms with E-state index in [4.69, 9.17) is 16.7 Å². The Balaban J connectivity index is 3.01. The molecule has 0 amide bonds. The normalized spacial score (nSPS) is 14.3. The monoisotopic (exact) mass is 260 g/mol. The highest BCUT2D eigenvalue weighted by Crippen LogP contribution is 2.28. The summed E-state index contributed by atoms with van der Waals surface area (Å²) in [5.41, 5.74) is 0.489. The molecule has 5 nitrogen and oxygen atoms in total. The van der Waals surface area contributed by atoms with Crippen molar-refractivity contribution in [2.24, 2.45) is 0 Å². The van der Waals surface area contributed by atoms with Crippen LogP contribution in [0.15, 0.2) is 18.2 Å². The number of carboxylic acid groups (broad SMARTS) is 1. The fourth-order valence-electron chi connectivity index (χ4n) is 1.42. The molecule has 0 heterocycles. The number of benzene rings is 1. The number of aliphatic hydroxyl groups excluding tert-OH is 2. The molecule has 0 aliphatic rings. The van der Waals surface area contributed by atoms with Gasteiger partial charge in [0.25, 0.3) is 0 Å². The summed E-state index contributed by atoms with van der Waals surface area (Å²) in [6.45, 7) is 0. The zero-order valence-corrected chi connectivity index (χ0v) is 9.63. The minimum Gasteiger partial charge on any atom is -0.508 e. The van der Waals surface area contributed by atoms with Crippen LogP contribution in [0, 0.1) is 0 Å².